The molecule has 18 heavy (non-hydrogen) atoms. The van der Waals surface area contributed by atoms with Crippen molar-refractivity contribution in [2.75, 3.05) is 20.3 Å². The lowest BCUT2D eigenvalue weighted by Gasteiger charge is -2.31. The van der Waals surface area contributed by atoms with Gasteiger partial charge in [0.15, 0.2) is 0 Å². The molecule has 4 heteroatoms. The highest BCUT2D eigenvalue weighted by Crippen LogP contribution is 2.28. The maximum atomic E-state index is 10.1. The fourth-order valence-corrected chi connectivity index (χ4v) is 3.07. The van der Waals surface area contributed by atoms with E-state index >= 15 is 0 Å². The van der Waals surface area contributed by atoms with Gasteiger partial charge in [-0.25, -0.2) is 0 Å². The van der Waals surface area contributed by atoms with E-state index < -0.39 is 0 Å². The number of phenolic OH excluding ortho intramolecular Hbond substituents is 1. The Balaban J connectivity index is 2.08. The zero-order valence-electron chi connectivity index (χ0n) is 10.9. The molecule has 1 fully saturated rings. The van der Waals surface area contributed by atoms with Crippen LogP contribution in [0.15, 0.2) is 16.6 Å². The number of halogens is 1. The van der Waals surface area contributed by atoms with Gasteiger partial charge in [-0.05, 0) is 44.5 Å². The maximum Gasteiger partial charge on any atom is 0.123 e. The molecule has 0 saturated carbocycles. The van der Waals surface area contributed by atoms with Crippen molar-refractivity contribution in [3.63, 3.8) is 0 Å². The van der Waals surface area contributed by atoms with Crippen molar-refractivity contribution in [2.45, 2.75) is 32.4 Å². The third-order valence-corrected chi connectivity index (χ3v) is 4.04. The average molecular weight is 314 g/mol. The lowest BCUT2D eigenvalue weighted by Crippen LogP contribution is -2.36. The monoisotopic (exact) mass is 313 g/mol. The standard InChI is InChI=1S/C14H20BrNO2/c1-10-7-12(15)8-11(14(10)17)9-16(2)13-3-5-18-6-4-13/h7-8,13,17H,3-6,9H2,1-2H3. The molecule has 0 aromatic heterocycles. The highest BCUT2D eigenvalue weighted by molar-refractivity contribution is 9.10. The Morgan fingerprint density at radius 2 is 2.06 bits per heavy atom. The molecule has 1 aromatic carbocycles. The summed E-state index contributed by atoms with van der Waals surface area (Å²) >= 11 is 3.48. The molecule has 1 aromatic rings. The molecule has 1 aliphatic rings. The minimum atomic E-state index is 0.414. The summed E-state index contributed by atoms with van der Waals surface area (Å²) in [6.45, 7) is 4.39. The lowest BCUT2D eigenvalue weighted by molar-refractivity contribution is 0.0405. The summed E-state index contributed by atoms with van der Waals surface area (Å²) in [5.41, 5.74) is 1.90. The second kappa shape index (κ2) is 6.04. The predicted molar refractivity (Wildman–Crippen MR) is 75.9 cm³/mol. The van der Waals surface area contributed by atoms with Gasteiger partial charge in [0.2, 0.25) is 0 Å². The van der Waals surface area contributed by atoms with Crippen LogP contribution in [0.5, 0.6) is 5.75 Å². The molecule has 0 radical (unpaired) electrons. The summed E-state index contributed by atoms with van der Waals surface area (Å²) in [4.78, 5) is 2.31. The third kappa shape index (κ3) is 3.25. The summed E-state index contributed by atoms with van der Waals surface area (Å²) in [5, 5.41) is 10.1. The van der Waals surface area contributed by atoms with Crippen molar-refractivity contribution in [1.82, 2.24) is 4.90 Å². The first-order valence-electron chi connectivity index (χ1n) is 6.34. The van der Waals surface area contributed by atoms with Gasteiger partial charge in [-0.2, -0.15) is 0 Å². The molecule has 0 spiro atoms. The number of hydrogen-bond acceptors (Lipinski definition) is 3. The van der Waals surface area contributed by atoms with E-state index in [0.717, 1.165) is 48.2 Å². The van der Waals surface area contributed by atoms with E-state index in [-0.39, 0.29) is 0 Å². The van der Waals surface area contributed by atoms with Crippen LogP contribution in [-0.4, -0.2) is 36.3 Å². The summed E-state index contributed by atoms with van der Waals surface area (Å²) in [6.07, 6.45) is 2.15. The molecule has 0 amide bonds. The molecule has 0 atom stereocenters. The molecular weight excluding hydrogens is 294 g/mol. The van der Waals surface area contributed by atoms with Gasteiger partial charge < -0.3 is 9.84 Å². The minimum absolute atomic E-state index is 0.414. The van der Waals surface area contributed by atoms with Crippen LogP contribution in [-0.2, 0) is 11.3 Å². The summed E-state index contributed by atoms with van der Waals surface area (Å²) < 4.78 is 6.40. The second-order valence-electron chi connectivity index (χ2n) is 4.99. The number of nitrogens with zero attached hydrogens (tertiary/aromatic N) is 1. The second-order valence-corrected chi connectivity index (χ2v) is 5.90. The molecule has 0 unspecified atom stereocenters. The van der Waals surface area contributed by atoms with Crippen LogP contribution in [0.25, 0.3) is 0 Å². The van der Waals surface area contributed by atoms with Crippen LogP contribution in [0.3, 0.4) is 0 Å². The Morgan fingerprint density at radius 1 is 1.39 bits per heavy atom. The Bertz CT molecular complexity index is 417. The smallest absolute Gasteiger partial charge is 0.123 e. The molecule has 1 heterocycles. The zero-order valence-corrected chi connectivity index (χ0v) is 12.5. The normalized spacial score (nSPS) is 17.3. The number of benzene rings is 1. The molecule has 100 valence electrons. The van der Waals surface area contributed by atoms with Gasteiger partial charge in [0, 0.05) is 35.8 Å². The largest absolute Gasteiger partial charge is 0.507 e. The van der Waals surface area contributed by atoms with Crippen LogP contribution >= 0.6 is 15.9 Å². The first kappa shape index (κ1) is 13.8. The van der Waals surface area contributed by atoms with Gasteiger partial charge in [0.1, 0.15) is 5.75 Å². The summed E-state index contributed by atoms with van der Waals surface area (Å²) in [6, 6.07) is 4.49. The molecular formula is C14H20BrNO2. The van der Waals surface area contributed by atoms with Gasteiger partial charge in [-0.1, -0.05) is 15.9 Å². The minimum Gasteiger partial charge on any atom is -0.507 e. The fourth-order valence-electron chi connectivity index (χ4n) is 2.45. The van der Waals surface area contributed by atoms with Crippen LogP contribution in [0.2, 0.25) is 0 Å². The van der Waals surface area contributed by atoms with E-state index in [4.69, 9.17) is 4.74 Å². The molecule has 2 rings (SSSR count). The van der Waals surface area contributed by atoms with Crippen molar-refractivity contribution >= 4 is 15.9 Å². The van der Waals surface area contributed by atoms with Gasteiger partial charge >= 0.3 is 0 Å². The number of rotatable bonds is 3. The number of hydrogen-bond donors (Lipinski definition) is 1. The van der Waals surface area contributed by atoms with Gasteiger partial charge in [0.05, 0.1) is 0 Å². The van der Waals surface area contributed by atoms with E-state index in [2.05, 4.69) is 27.9 Å². The van der Waals surface area contributed by atoms with Crippen LogP contribution in [0.1, 0.15) is 24.0 Å². The lowest BCUT2D eigenvalue weighted by atomic mass is 10.1. The topological polar surface area (TPSA) is 32.7 Å². The SMILES string of the molecule is Cc1cc(Br)cc(CN(C)C2CCOCC2)c1O. The quantitative estimate of drug-likeness (QED) is 0.931. The molecule has 1 N–H and O–H groups in total. The van der Waals surface area contributed by atoms with Gasteiger partial charge in [0.25, 0.3) is 0 Å². The molecule has 1 aliphatic heterocycles. The first-order valence-corrected chi connectivity index (χ1v) is 7.13. The van der Waals surface area contributed by atoms with Crippen LogP contribution in [0.4, 0.5) is 0 Å². The van der Waals surface area contributed by atoms with Crippen LogP contribution < -0.4 is 0 Å². The molecule has 3 nitrogen and oxygen atoms in total. The fraction of sp³-hybridized carbons (Fsp3) is 0.571. The first-order chi connectivity index (χ1) is 8.58. The molecule has 1 saturated heterocycles. The maximum absolute atomic E-state index is 10.1. The van der Waals surface area contributed by atoms with Gasteiger partial charge in [-0.3, -0.25) is 4.90 Å². The Kier molecular flexibility index (Phi) is 4.65. The Morgan fingerprint density at radius 3 is 2.72 bits per heavy atom. The Labute approximate surface area is 117 Å². The number of ether oxygens (including phenoxy) is 1. The third-order valence-electron chi connectivity index (χ3n) is 3.58. The highest BCUT2D eigenvalue weighted by atomic mass is 79.9. The van der Waals surface area contributed by atoms with E-state index in [1.165, 1.54) is 0 Å². The van der Waals surface area contributed by atoms with Crippen molar-refractivity contribution in [2.24, 2.45) is 0 Å². The van der Waals surface area contributed by atoms with E-state index in [0.29, 0.717) is 11.8 Å². The van der Waals surface area contributed by atoms with E-state index in [1.807, 2.05) is 19.1 Å². The van der Waals surface area contributed by atoms with E-state index in [9.17, 15) is 5.11 Å². The van der Waals surface area contributed by atoms with Crippen molar-refractivity contribution < 1.29 is 9.84 Å². The molecule has 0 aliphatic carbocycles. The number of aromatic hydroxyl groups is 1. The molecule has 0 bridgehead atoms. The number of phenols is 1. The Hall–Kier alpha value is -0.580. The number of aryl methyl sites for hydroxylation is 1. The predicted octanol–water partition coefficient (Wildman–Crippen LogP) is 3.07. The van der Waals surface area contributed by atoms with E-state index in [1.54, 1.807) is 0 Å². The van der Waals surface area contributed by atoms with Gasteiger partial charge in [-0.15, -0.1) is 0 Å². The van der Waals surface area contributed by atoms with Crippen molar-refractivity contribution in [3.05, 3.63) is 27.7 Å². The van der Waals surface area contributed by atoms with Crippen molar-refractivity contribution in [1.29, 1.82) is 0 Å². The average Bonchev–Trinajstić information content (AvgIpc) is 2.36. The van der Waals surface area contributed by atoms with Crippen LogP contribution in [0, 0.1) is 6.92 Å². The highest BCUT2D eigenvalue weighted by Gasteiger charge is 2.19. The summed E-state index contributed by atoms with van der Waals surface area (Å²) in [5.74, 6) is 0.414. The summed E-state index contributed by atoms with van der Waals surface area (Å²) in [7, 11) is 2.12. The zero-order chi connectivity index (χ0) is 13.1. The van der Waals surface area contributed by atoms with Crippen molar-refractivity contribution in [3.8, 4) is 5.75 Å².